The highest BCUT2D eigenvalue weighted by atomic mass is 16.5. The first kappa shape index (κ1) is 15.4. The van der Waals surface area contributed by atoms with Crippen molar-refractivity contribution in [1.82, 2.24) is 19.9 Å². The second kappa shape index (κ2) is 6.66. The van der Waals surface area contributed by atoms with Gasteiger partial charge in [0.05, 0.1) is 12.3 Å². The van der Waals surface area contributed by atoms with E-state index in [9.17, 15) is 9.59 Å². The number of rotatable bonds is 8. The SMILES string of the molecule is CCN(C(=O)Cn1nnc(C(=O)O)c1CCOC)C1CC1. The van der Waals surface area contributed by atoms with Crippen molar-refractivity contribution in [2.75, 3.05) is 20.3 Å². The zero-order valence-corrected chi connectivity index (χ0v) is 12.3. The van der Waals surface area contributed by atoms with Gasteiger partial charge in [-0.15, -0.1) is 5.10 Å². The van der Waals surface area contributed by atoms with Crippen LogP contribution in [0.5, 0.6) is 0 Å². The van der Waals surface area contributed by atoms with Crippen LogP contribution in [0.2, 0.25) is 0 Å². The lowest BCUT2D eigenvalue weighted by Gasteiger charge is -2.20. The van der Waals surface area contributed by atoms with Crippen molar-refractivity contribution >= 4 is 11.9 Å². The van der Waals surface area contributed by atoms with Crippen molar-refractivity contribution in [2.45, 2.75) is 38.8 Å². The predicted molar refractivity (Wildman–Crippen MR) is 73.0 cm³/mol. The standard InChI is InChI=1S/C13H20N4O4/c1-3-16(9-4-5-9)11(18)8-17-10(6-7-21-2)12(13(19)20)14-15-17/h9H,3-8H2,1-2H3,(H,19,20). The fourth-order valence-corrected chi connectivity index (χ4v) is 2.32. The van der Waals surface area contributed by atoms with Gasteiger partial charge in [-0.25, -0.2) is 9.48 Å². The highest BCUT2D eigenvalue weighted by Gasteiger charge is 2.32. The fourth-order valence-electron chi connectivity index (χ4n) is 2.32. The summed E-state index contributed by atoms with van der Waals surface area (Å²) in [5, 5.41) is 16.6. The monoisotopic (exact) mass is 296 g/mol. The van der Waals surface area contributed by atoms with E-state index >= 15 is 0 Å². The zero-order valence-electron chi connectivity index (χ0n) is 12.3. The molecule has 1 aromatic heterocycles. The maximum Gasteiger partial charge on any atom is 0.358 e. The van der Waals surface area contributed by atoms with Gasteiger partial charge in [0.2, 0.25) is 5.91 Å². The minimum atomic E-state index is -1.14. The Hall–Kier alpha value is -1.96. The summed E-state index contributed by atoms with van der Waals surface area (Å²) in [6.07, 6.45) is 2.43. The second-order valence-electron chi connectivity index (χ2n) is 5.00. The van der Waals surface area contributed by atoms with E-state index in [1.54, 1.807) is 0 Å². The summed E-state index contributed by atoms with van der Waals surface area (Å²) in [5.74, 6) is -1.20. The highest BCUT2D eigenvalue weighted by Crippen LogP contribution is 2.26. The first-order chi connectivity index (χ1) is 10.1. The van der Waals surface area contributed by atoms with Gasteiger partial charge in [0.1, 0.15) is 6.54 Å². The molecule has 1 aromatic rings. The molecule has 0 atom stereocenters. The number of methoxy groups -OCH3 is 1. The molecule has 1 aliphatic rings. The lowest BCUT2D eigenvalue weighted by molar-refractivity contribution is -0.132. The number of nitrogens with zero attached hydrogens (tertiary/aromatic N) is 4. The van der Waals surface area contributed by atoms with Crippen molar-refractivity contribution in [3.63, 3.8) is 0 Å². The van der Waals surface area contributed by atoms with E-state index in [0.717, 1.165) is 12.8 Å². The Morgan fingerprint density at radius 2 is 2.19 bits per heavy atom. The maximum atomic E-state index is 12.3. The summed E-state index contributed by atoms with van der Waals surface area (Å²) in [6, 6.07) is 0.326. The van der Waals surface area contributed by atoms with Crippen LogP contribution >= 0.6 is 0 Å². The molecule has 1 aliphatic carbocycles. The molecule has 1 heterocycles. The smallest absolute Gasteiger partial charge is 0.358 e. The van der Waals surface area contributed by atoms with Gasteiger partial charge in [0.15, 0.2) is 5.69 Å². The van der Waals surface area contributed by atoms with E-state index in [2.05, 4.69) is 10.3 Å². The molecule has 0 saturated heterocycles. The van der Waals surface area contributed by atoms with Crippen LogP contribution in [0.3, 0.4) is 0 Å². The van der Waals surface area contributed by atoms with E-state index in [4.69, 9.17) is 9.84 Å². The molecule has 1 saturated carbocycles. The van der Waals surface area contributed by atoms with Crippen LogP contribution in [-0.2, 0) is 22.5 Å². The van der Waals surface area contributed by atoms with Gasteiger partial charge in [0.25, 0.3) is 0 Å². The number of likely N-dealkylation sites (N-methyl/N-ethyl adjacent to an activating group) is 1. The number of aromatic carboxylic acids is 1. The van der Waals surface area contributed by atoms with E-state index in [-0.39, 0.29) is 18.1 Å². The molecule has 8 nitrogen and oxygen atoms in total. The number of ether oxygens (including phenoxy) is 1. The molecule has 0 bridgehead atoms. The minimum Gasteiger partial charge on any atom is -0.476 e. The largest absolute Gasteiger partial charge is 0.476 e. The number of carbonyl (C=O) groups excluding carboxylic acids is 1. The van der Waals surface area contributed by atoms with Gasteiger partial charge >= 0.3 is 5.97 Å². The molecule has 0 unspecified atom stereocenters. The number of hydrogen-bond donors (Lipinski definition) is 1. The van der Waals surface area contributed by atoms with Crippen LogP contribution in [0.15, 0.2) is 0 Å². The molecule has 1 amide bonds. The number of amides is 1. The van der Waals surface area contributed by atoms with Crippen LogP contribution in [-0.4, -0.2) is 63.2 Å². The number of carboxylic acids is 1. The fraction of sp³-hybridized carbons (Fsp3) is 0.692. The minimum absolute atomic E-state index is 0.0175. The molecule has 1 N–H and O–H groups in total. The first-order valence-electron chi connectivity index (χ1n) is 7.02. The van der Waals surface area contributed by atoms with Gasteiger partial charge in [-0.3, -0.25) is 4.79 Å². The Kier molecular flexibility index (Phi) is 4.89. The summed E-state index contributed by atoms with van der Waals surface area (Å²) < 4.78 is 6.34. The number of hydrogen-bond acceptors (Lipinski definition) is 5. The van der Waals surface area contributed by atoms with Crippen molar-refractivity contribution in [3.05, 3.63) is 11.4 Å². The number of carbonyl (C=O) groups is 2. The van der Waals surface area contributed by atoms with E-state index in [1.165, 1.54) is 11.8 Å². The van der Waals surface area contributed by atoms with Crippen molar-refractivity contribution in [1.29, 1.82) is 0 Å². The second-order valence-corrected chi connectivity index (χ2v) is 5.00. The van der Waals surface area contributed by atoms with E-state index < -0.39 is 5.97 Å². The molecule has 1 fully saturated rings. The average molecular weight is 296 g/mol. The van der Waals surface area contributed by atoms with Crippen LogP contribution in [0.4, 0.5) is 0 Å². The molecule has 0 spiro atoms. The zero-order chi connectivity index (χ0) is 15.4. The normalized spacial score (nSPS) is 14.2. The molecule has 0 radical (unpaired) electrons. The van der Waals surface area contributed by atoms with Crippen molar-refractivity contribution in [3.8, 4) is 0 Å². The predicted octanol–water partition coefficient (Wildman–Crippen LogP) is 0.176. The molecule has 116 valence electrons. The summed E-state index contributed by atoms with van der Waals surface area (Å²) in [6.45, 7) is 2.95. The Labute approximate surface area is 122 Å². The van der Waals surface area contributed by atoms with Gasteiger partial charge < -0.3 is 14.7 Å². The molecular formula is C13H20N4O4. The summed E-state index contributed by atoms with van der Waals surface area (Å²) in [7, 11) is 1.53. The maximum absolute atomic E-state index is 12.3. The van der Waals surface area contributed by atoms with E-state index in [0.29, 0.717) is 31.3 Å². The number of aromatic nitrogens is 3. The lowest BCUT2D eigenvalue weighted by atomic mass is 10.2. The molecule has 8 heteroatoms. The molecule has 21 heavy (non-hydrogen) atoms. The summed E-state index contributed by atoms with van der Waals surface area (Å²) in [4.78, 5) is 25.2. The Balaban J connectivity index is 2.14. The molecular weight excluding hydrogens is 276 g/mol. The quantitative estimate of drug-likeness (QED) is 0.734. The van der Waals surface area contributed by atoms with Gasteiger partial charge in [-0.2, -0.15) is 0 Å². The van der Waals surface area contributed by atoms with Gasteiger partial charge in [-0.05, 0) is 19.8 Å². The third kappa shape index (κ3) is 3.57. The van der Waals surface area contributed by atoms with Gasteiger partial charge in [0, 0.05) is 26.1 Å². The topological polar surface area (TPSA) is 97.6 Å². The van der Waals surface area contributed by atoms with Crippen LogP contribution in [0, 0.1) is 0 Å². The Bertz CT molecular complexity index is 524. The molecule has 0 aromatic carbocycles. The van der Waals surface area contributed by atoms with Crippen LogP contribution < -0.4 is 0 Å². The number of carboxylic acid groups (broad SMARTS) is 1. The Morgan fingerprint density at radius 3 is 2.71 bits per heavy atom. The molecule has 0 aliphatic heterocycles. The molecule has 2 rings (SSSR count). The van der Waals surface area contributed by atoms with Crippen LogP contribution in [0.25, 0.3) is 0 Å². The van der Waals surface area contributed by atoms with E-state index in [1.807, 2.05) is 11.8 Å². The summed E-state index contributed by atoms with van der Waals surface area (Å²) >= 11 is 0. The first-order valence-corrected chi connectivity index (χ1v) is 7.02. The Morgan fingerprint density at radius 1 is 1.48 bits per heavy atom. The average Bonchev–Trinajstić information content (AvgIpc) is 3.19. The van der Waals surface area contributed by atoms with Crippen molar-refractivity contribution in [2.24, 2.45) is 0 Å². The summed E-state index contributed by atoms with van der Waals surface area (Å²) in [5.41, 5.74) is 0.305. The van der Waals surface area contributed by atoms with Gasteiger partial charge in [-0.1, -0.05) is 5.21 Å². The lowest BCUT2D eigenvalue weighted by Crippen LogP contribution is -2.36. The van der Waals surface area contributed by atoms with Crippen molar-refractivity contribution < 1.29 is 19.4 Å². The van der Waals surface area contributed by atoms with Crippen LogP contribution in [0.1, 0.15) is 35.9 Å². The third-order valence-electron chi connectivity index (χ3n) is 3.52. The third-order valence-corrected chi connectivity index (χ3v) is 3.52. The highest BCUT2D eigenvalue weighted by molar-refractivity contribution is 5.86.